The Morgan fingerprint density at radius 3 is 2.67 bits per heavy atom. The van der Waals surface area contributed by atoms with Crippen molar-refractivity contribution in [1.82, 2.24) is 10.2 Å². The fraction of sp³-hybridized carbons (Fsp3) is 0.909. The molecule has 0 aromatic carbocycles. The van der Waals surface area contributed by atoms with Crippen LogP contribution in [-0.4, -0.2) is 49.7 Å². The second-order valence-corrected chi connectivity index (χ2v) is 4.38. The number of esters is 1. The molecule has 2 saturated heterocycles. The molecule has 0 atom stereocenters. The summed E-state index contributed by atoms with van der Waals surface area (Å²) in [7, 11) is 0. The second-order valence-electron chi connectivity index (χ2n) is 4.38. The van der Waals surface area contributed by atoms with Gasteiger partial charge in [-0.05, 0) is 32.9 Å². The van der Waals surface area contributed by atoms with Crippen LogP contribution >= 0.6 is 0 Å². The highest BCUT2D eigenvalue weighted by Crippen LogP contribution is 2.23. The number of rotatable bonds is 3. The topological polar surface area (TPSA) is 41.6 Å². The fourth-order valence-electron chi connectivity index (χ4n) is 2.39. The molecule has 0 aromatic rings. The van der Waals surface area contributed by atoms with Crippen molar-refractivity contribution in [3.05, 3.63) is 0 Å². The summed E-state index contributed by atoms with van der Waals surface area (Å²) in [5.41, 5.74) is 0. The lowest BCUT2D eigenvalue weighted by molar-refractivity contribution is -0.155. The maximum Gasteiger partial charge on any atom is 0.311 e. The highest BCUT2D eigenvalue weighted by molar-refractivity contribution is 5.74. The Balaban J connectivity index is 1.70. The van der Waals surface area contributed by atoms with Crippen molar-refractivity contribution >= 4 is 5.97 Å². The van der Waals surface area contributed by atoms with Crippen molar-refractivity contribution in [2.45, 2.75) is 25.8 Å². The first-order valence-corrected chi connectivity index (χ1v) is 5.92. The Hall–Kier alpha value is -0.610. The predicted molar refractivity (Wildman–Crippen MR) is 57.6 cm³/mol. The SMILES string of the molecule is CCOC(=O)C1CN(C2CCNCC2)C1. The van der Waals surface area contributed by atoms with E-state index < -0.39 is 0 Å². The number of hydrogen-bond donors (Lipinski definition) is 1. The number of likely N-dealkylation sites (tertiary alicyclic amines) is 1. The van der Waals surface area contributed by atoms with E-state index in [1.54, 1.807) is 0 Å². The molecule has 0 bridgehead atoms. The van der Waals surface area contributed by atoms with Gasteiger partial charge in [0.2, 0.25) is 0 Å². The first kappa shape index (κ1) is 10.9. The minimum atomic E-state index is -0.0114. The van der Waals surface area contributed by atoms with E-state index in [-0.39, 0.29) is 11.9 Å². The van der Waals surface area contributed by atoms with Gasteiger partial charge in [0.25, 0.3) is 0 Å². The molecule has 0 amide bonds. The van der Waals surface area contributed by atoms with Gasteiger partial charge in [0.1, 0.15) is 0 Å². The second kappa shape index (κ2) is 4.94. The van der Waals surface area contributed by atoms with Crippen molar-refractivity contribution in [1.29, 1.82) is 0 Å². The Labute approximate surface area is 91.0 Å². The van der Waals surface area contributed by atoms with Crippen LogP contribution in [0.2, 0.25) is 0 Å². The van der Waals surface area contributed by atoms with Crippen LogP contribution in [0.1, 0.15) is 19.8 Å². The van der Waals surface area contributed by atoms with E-state index in [0.717, 1.165) is 26.2 Å². The van der Waals surface area contributed by atoms with Crippen LogP contribution in [0.25, 0.3) is 0 Å². The van der Waals surface area contributed by atoms with Crippen LogP contribution in [0, 0.1) is 5.92 Å². The molecule has 4 heteroatoms. The smallest absolute Gasteiger partial charge is 0.311 e. The van der Waals surface area contributed by atoms with Crippen molar-refractivity contribution in [2.75, 3.05) is 32.8 Å². The van der Waals surface area contributed by atoms with E-state index in [1.165, 1.54) is 12.8 Å². The molecule has 0 radical (unpaired) electrons. The minimum Gasteiger partial charge on any atom is -0.466 e. The van der Waals surface area contributed by atoms with Crippen LogP contribution < -0.4 is 5.32 Å². The fourth-order valence-corrected chi connectivity index (χ4v) is 2.39. The van der Waals surface area contributed by atoms with Gasteiger partial charge in [0.15, 0.2) is 0 Å². The largest absolute Gasteiger partial charge is 0.466 e. The molecule has 2 heterocycles. The molecule has 0 spiro atoms. The molecule has 0 aromatic heterocycles. The van der Waals surface area contributed by atoms with Gasteiger partial charge < -0.3 is 10.1 Å². The van der Waals surface area contributed by atoms with Crippen molar-refractivity contribution in [3.8, 4) is 0 Å². The maximum absolute atomic E-state index is 11.4. The summed E-state index contributed by atoms with van der Waals surface area (Å²) >= 11 is 0. The molecule has 4 nitrogen and oxygen atoms in total. The zero-order valence-corrected chi connectivity index (χ0v) is 9.37. The first-order chi connectivity index (χ1) is 7.31. The van der Waals surface area contributed by atoms with Crippen molar-refractivity contribution < 1.29 is 9.53 Å². The van der Waals surface area contributed by atoms with E-state index in [1.807, 2.05) is 6.92 Å². The molecule has 15 heavy (non-hydrogen) atoms. The normalized spacial score (nSPS) is 24.9. The number of nitrogens with zero attached hydrogens (tertiary/aromatic N) is 1. The third-order valence-electron chi connectivity index (χ3n) is 3.35. The number of carbonyl (C=O) groups is 1. The van der Waals surface area contributed by atoms with Crippen molar-refractivity contribution in [3.63, 3.8) is 0 Å². The summed E-state index contributed by atoms with van der Waals surface area (Å²) < 4.78 is 5.00. The van der Waals surface area contributed by atoms with Gasteiger partial charge in [-0.2, -0.15) is 0 Å². The lowest BCUT2D eigenvalue weighted by Gasteiger charge is -2.44. The van der Waals surface area contributed by atoms with E-state index in [2.05, 4.69) is 10.2 Å². The van der Waals surface area contributed by atoms with Crippen LogP contribution in [0.3, 0.4) is 0 Å². The quantitative estimate of drug-likeness (QED) is 0.680. The van der Waals surface area contributed by atoms with Gasteiger partial charge in [-0.1, -0.05) is 0 Å². The zero-order chi connectivity index (χ0) is 10.7. The molecule has 0 saturated carbocycles. The lowest BCUT2D eigenvalue weighted by atomic mass is 9.94. The molecule has 86 valence electrons. The van der Waals surface area contributed by atoms with Crippen molar-refractivity contribution in [2.24, 2.45) is 5.92 Å². The van der Waals surface area contributed by atoms with Crippen LogP contribution in [0.5, 0.6) is 0 Å². The zero-order valence-electron chi connectivity index (χ0n) is 9.37. The summed E-state index contributed by atoms with van der Waals surface area (Å²) in [5, 5.41) is 3.35. The minimum absolute atomic E-state index is 0.0114. The number of ether oxygens (including phenoxy) is 1. The van der Waals surface area contributed by atoms with Gasteiger partial charge >= 0.3 is 5.97 Å². The molecule has 2 fully saturated rings. The van der Waals surface area contributed by atoms with Gasteiger partial charge in [-0.3, -0.25) is 9.69 Å². The summed E-state index contributed by atoms with van der Waals surface area (Å²) in [4.78, 5) is 13.8. The Morgan fingerprint density at radius 2 is 2.07 bits per heavy atom. The van der Waals surface area contributed by atoms with E-state index >= 15 is 0 Å². The van der Waals surface area contributed by atoms with E-state index in [9.17, 15) is 4.79 Å². The van der Waals surface area contributed by atoms with E-state index in [4.69, 9.17) is 4.74 Å². The molecular formula is C11H20N2O2. The Kier molecular flexibility index (Phi) is 3.59. The van der Waals surface area contributed by atoms with Gasteiger partial charge in [-0.25, -0.2) is 0 Å². The third-order valence-corrected chi connectivity index (χ3v) is 3.35. The first-order valence-electron chi connectivity index (χ1n) is 5.92. The van der Waals surface area contributed by atoms with Crippen LogP contribution in [0.4, 0.5) is 0 Å². The van der Waals surface area contributed by atoms with Gasteiger partial charge in [-0.15, -0.1) is 0 Å². The lowest BCUT2D eigenvalue weighted by Crippen LogP contribution is -2.57. The molecule has 0 aliphatic carbocycles. The molecule has 1 N–H and O–H groups in total. The summed E-state index contributed by atoms with van der Waals surface area (Å²) in [6.07, 6.45) is 2.44. The monoisotopic (exact) mass is 212 g/mol. The number of hydrogen-bond acceptors (Lipinski definition) is 4. The highest BCUT2D eigenvalue weighted by Gasteiger charge is 2.37. The molecule has 2 rings (SSSR count). The molecule has 0 unspecified atom stereocenters. The number of nitrogens with one attached hydrogen (secondary N) is 1. The van der Waals surface area contributed by atoms with Crippen LogP contribution in [0.15, 0.2) is 0 Å². The third kappa shape index (κ3) is 2.49. The summed E-state index contributed by atoms with van der Waals surface area (Å²) in [6, 6.07) is 0.692. The predicted octanol–water partition coefficient (Wildman–Crippen LogP) is 0.233. The average Bonchev–Trinajstić information content (AvgIpc) is 2.17. The van der Waals surface area contributed by atoms with Gasteiger partial charge in [0.05, 0.1) is 12.5 Å². The standard InChI is InChI=1S/C11H20N2O2/c1-2-15-11(14)9-7-13(8-9)10-3-5-12-6-4-10/h9-10,12H,2-8H2,1H3. The highest BCUT2D eigenvalue weighted by atomic mass is 16.5. The van der Waals surface area contributed by atoms with E-state index in [0.29, 0.717) is 12.6 Å². The number of piperidine rings is 1. The molecule has 2 aliphatic rings. The summed E-state index contributed by atoms with van der Waals surface area (Å²) in [5.74, 6) is 0.127. The Bertz CT molecular complexity index is 221. The maximum atomic E-state index is 11.4. The molecular weight excluding hydrogens is 192 g/mol. The average molecular weight is 212 g/mol. The summed E-state index contributed by atoms with van der Waals surface area (Å²) in [6.45, 7) is 6.41. The van der Waals surface area contributed by atoms with Crippen LogP contribution in [-0.2, 0) is 9.53 Å². The Morgan fingerprint density at radius 1 is 1.40 bits per heavy atom. The van der Waals surface area contributed by atoms with Gasteiger partial charge in [0, 0.05) is 19.1 Å². The number of carbonyl (C=O) groups excluding carboxylic acids is 1. The molecule has 2 aliphatic heterocycles.